The number of likely N-dealkylation sites (tertiary alicyclic amines) is 2. The van der Waals surface area contributed by atoms with Gasteiger partial charge >= 0.3 is 12.2 Å². The summed E-state index contributed by atoms with van der Waals surface area (Å²) in [4.78, 5) is 73.0. The summed E-state index contributed by atoms with van der Waals surface area (Å²) in [6.07, 6.45) is 1.87. The number of rotatable bonds is 9. The van der Waals surface area contributed by atoms with E-state index in [1.165, 1.54) is 14.2 Å². The summed E-state index contributed by atoms with van der Waals surface area (Å²) >= 11 is 0. The monoisotopic (exact) mass is 820 g/mol. The predicted octanol–water partition coefficient (Wildman–Crippen LogP) is 8.22. The second kappa shape index (κ2) is 16.2. The zero-order valence-corrected chi connectivity index (χ0v) is 34.5. The van der Waals surface area contributed by atoms with E-state index in [0.29, 0.717) is 24.5 Å². The van der Waals surface area contributed by atoms with Gasteiger partial charge in [-0.15, -0.1) is 0 Å². The first-order valence-corrected chi connectivity index (χ1v) is 20.8. The van der Waals surface area contributed by atoms with Gasteiger partial charge in [-0.05, 0) is 83.3 Å². The quantitative estimate of drug-likeness (QED) is 0.113. The Balaban J connectivity index is 0.972. The molecule has 0 spiro atoms. The van der Waals surface area contributed by atoms with Gasteiger partial charge in [0.1, 0.15) is 23.7 Å². The molecule has 2 aliphatic heterocycles. The maximum Gasteiger partial charge on any atom is 0.407 e. The Morgan fingerprint density at radius 1 is 0.656 bits per heavy atom. The van der Waals surface area contributed by atoms with E-state index in [-0.39, 0.29) is 29.8 Å². The lowest BCUT2D eigenvalue weighted by atomic mass is 9.98. The van der Waals surface area contributed by atoms with Crippen LogP contribution in [0, 0.1) is 5.92 Å². The van der Waals surface area contributed by atoms with Crippen LogP contribution in [0.25, 0.3) is 54.7 Å². The van der Waals surface area contributed by atoms with Gasteiger partial charge in [0.25, 0.3) is 5.91 Å². The zero-order chi connectivity index (χ0) is 42.4. The molecule has 7 aromatic rings. The van der Waals surface area contributed by atoms with Gasteiger partial charge in [-0.25, -0.2) is 19.6 Å². The molecule has 0 aliphatic carbocycles. The Morgan fingerprint density at radius 2 is 1.16 bits per heavy atom. The number of ether oxygens (including phenoxy) is 2. The molecule has 312 valence electrons. The molecule has 5 aromatic carbocycles. The number of aromatic nitrogens is 4. The first-order chi connectivity index (χ1) is 29.6. The first-order valence-electron chi connectivity index (χ1n) is 20.8. The van der Waals surface area contributed by atoms with Gasteiger partial charge in [-0.3, -0.25) is 9.59 Å². The van der Waals surface area contributed by atoms with Crippen molar-refractivity contribution in [3.05, 3.63) is 108 Å². The van der Waals surface area contributed by atoms with Crippen molar-refractivity contribution < 1.29 is 28.7 Å². The molecule has 2 aromatic heterocycles. The standard InChI is InChI=1S/C47H48N8O6/c1-26(2)38(52-46(58)60-3)44(56)54-22-8-12-36(54)42-48-34-20-16-30-24-28(14-18-32(30)40(34)50-42)29-15-19-33-31(25-29)17-21-35-41(33)51-43(49-35)37-13-9-23-55(37)45(57)39(53-47(59)61-4)27-10-6-5-7-11-27/h5-7,10-11,14-21,24-26,36-39H,8-9,12-13,22-23H2,1-4H3,(H,48,50)(H,49,51)(H,52,58)(H,53,59)/t36-,37-,38-,39+/m0/s1. The van der Waals surface area contributed by atoms with Gasteiger partial charge in [0.2, 0.25) is 5.91 Å². The molecule has 2 fully saturated rings. The van der Waals surface area contributed by atoms with Crippen LogP contribution in [0.5, 0.6) is 0 Å². The fraction of sp³-hybridized carbons (Fsp3) is 0.319. The number of benzene rings is 5. The van der Waals surface area contributed by atoms with Crippen LogP contribution in [0.4, 0.5) is 9.59 Å². The van der Waals surface area contributed by atoms with Crippen LogP contribution < -0.4 is 10.6 Å². The molecule has 0 unspecified atom stereocenters. The number of carbonyl (C=O) groups is 4. The number of nitrogens with one attached hydrogen (secondary N) is 4. The van der Waals surface area contributed by atoms with E-state index < -0.39 is 24.3 Å². The molecule has 4 N–H and O–H groups in total. The Kier molecular flexibility index (Phi) is 10.5. The molecule has 2 saturated heterocycles. The number of methoxy groups -OCH3 is 2. The number of hydrogen-bond acceptors (Lipinski definition) is 8. The number of fused-ring (bicyclic) bond motifs is 6. The van der Waals surface area contributed by atoms with E-state index in [9.17, 15) is 19.2 Å². The van der Waals surface area contributed by atoms with Crippen LogP contribution in [0.2, 0.25) is 0 Å². The minimum Gasteiger partial charge on any atom is -0.453 e. The van der Waals surface area contributed by atoms with E-state index in [1.54, 1.807) is 0 Å². The van der Waals surface area contributed by atoms with Crippen LogP contribution in [-0.2, 0) is 19.1 Å². The van der Waals surface area contributed by atoms with Crippen LogP contribution in [0.1, 0.15) is 74.9 Å². The zero-order valence-electron chi connectivity index (χ0n) is 34.5. The fourth-order valence-electron chi connectivity index (χ4n) is 9.10. The lowest BCUT2D eigenvalue weighted by Crippen LogP contribution is -2.51. The molecule has 9 rings (SSSR count). The Morgan fingerprint density at radius 3 is 1.67 bits per heavy atom. The second-order valence-electron chi connectivity index (χ2n) is 16.3. The van der Waals surface area contributed by atoms with Crippen LogP contribution in [0.15, 0.2) is 91.0 Å². The van der Waals surface area contributed by atoms with Gasteiger partial charge in [-0.1, -0.05) is 80.6 Å². The SMILES string of the molecule is COC(=O)N[C@H](C(=O)N1CCC[C@H]1c1nc2c(ccc3cc(-c4ccc5c(ccc6[nH]c([C@@H]7CCCN7C(=O)[C@H](NC(=O)OC)c7ccccc7)nc65)c4)ccc32)[nH]1)C(C)C. The number of alkyl carbamates (subject to hydrolysis) is 2. The van der Waals surface area contributed by atoms with Crippen molar-refractivity contribution >= 4 is 67.6 Å². The highest BCUT2D eigenvalue weighted by Gasteiger charge is 2.39. The molecule has 0 bridgehead atoms. The van der Waals surface area contributed by atoms with Crippen molar-refractivity contribution in [3.63, 3.8) is 0 Å². The first kappa shape index (κ1) is 39.5. The number of carbonyl (C=O) groups excluding carboxylic acids is 4. The summed E-state index contributed by atoms with van der Waals surface area (Å²) in [5, 5.41) is 9.55. The normalized spacial score (nSPS) is 17.7. The molecule has 2 aliphatic rings. The molecule has 61 heavy (non-hydrogen) atoms. The minimum absolute atomic E-state index is 0.117. The molecular formula is C47H48N8O6. The number of amides is 4. The lowest BCUT2D eigenvalue weighted by molar-refractivity contribution is -0.135. The van der Waals surface area contributed by atoms with Gasteiger partial charge in [0, 0.05) is 23.9 Å². The van der Waals surface area contributed by atoms with Gasteiger partial charge in [0.05, 0.1) is 48.4 Å². The van der Waals surface area contributed by atoms with Crippen LogP contribution in [0.3, 0.4) is 0 Å². The minimum atomic E-state index is -0.891. The maximum absolute atomic E-state index is 14.1. The van der Waals surface area contributed by atoms with Crippen molar-refractivity contribution in [2.45, 2.75) is 63.7 Å². The smallest absolute Gasteiger partial charge is 0.407 e. The number of aromatic amines is 2. The van der Waals surface area contributed by atoms with E-state index in [2.05, 4.69) is 69.1 Å². The third-order valence-corrected chi connectivity index (χ3v) is 12.2. The summed E-state index contributed by atoms with van der Waals surface area (Å²) in [6.45, 7) is 4.95. The number of hydrogen-bond donors (Lipinski definition) is 4. The Hall–Kier alpha value is -6.96. The van der Waals surface area contributed by atoms with Crippen molar-refractivity contribution in [2.75, 3.05) is 27.3 Å². The van der Waals surface area contributed by atoms with Crippen LogP contribution >= 0.6 is 0 Å². The molecule has 0 radical (unpaired) electrons. The molecule has 14 heteroatoms. The molecular weight excluding hydrogens is 773 g/mol. The third-order valence-electron chi connectivity index (χ3n) is 12.2. The summed E-state index contributed by atoms with van der Waals surface area (Å²) < 4.78 is 9.65. The average molecular weight is 821 g/mol. The van der Waals surface area contributed by atoms with Gasteiger partial charge < -0.3 is 39.9 Å². The summed E-state index contributed by atoms with van der Waals surface area (Å²) in [7, 11) is 2.58. The van der Waals surface area contributed by atoms with E-state index in [0.717, 1.165) is 86.2 Å². The topological polar surface area (TPSA) is 175 Å². The average Bonchev–Trinajstić information content (AvgIpc) is 4.12. The maximum atomic E-state index is 14.1. The molecule has 0 saturated carbocycles. The Bertz CT molecular complexity index is 2820. The highest BCUT2D eigenvalue weighted by atomic mass is 16.5. The predicted molar refractivity (Wildman–Crippen MR) is 232 cm³/mol. The largest absolute Gasteiger partial charge is 0.453 e. The van der Waals surface area contributed by atoms with E-state index >= 15 is 0 Å². The highest BCUT2D eigenvalue weighted by molar-refractivity contribution is 6.07. The summed E-state index contributed by atoms with van der Waals surface area (Å²) in [5.74, 6) is 0.982. The second-order valence-corrected chi connectivity index (χ2v) is 16.3. The fourth-order valence-corrected chi connectivity index (χ4v) is 9.10. The van der Waals surface area contributed by atoms with Crippen LogP contribution in [-0.4, -0.2) is 87.1 Å². The van der Waals surface area contributed by atoms with E-state index in [1.807, 2.05) is 66.1 Å². The number of imidazole rings is 2. The van der Waals surface area contributed by atoms with Crippen molar-refractivity contribution in [2.24, 2.45) is 5.92 Å². The summed E-state index contributed by atoms with van der Waals surface area (Å²) in [6, 6.07) is 28.2. The number of nitrogens with zero attached hydrogens (tertiary/aromatic N) is 4. The van der Waals surface area contributed by atoms with Crippen molar-refractivity contribution in [3.8, 4) is 11.1 Å². The van der Waals surface area contributed by atoms with Gasteiger partial charge in [-0.2, -0.15) is 0 Å². The number of H-pyrrole nitrogens is 2. The Labute approximate surface area is 352 Å². The summed E-state index contributed by atoms with van der Waals surface area (Å²) in [5.41, 5.74) is 6.27. The highest BCUT2D eigenvalue weighted by Crippen LogP contribution is 2.38. The molecule has 4 amide bonds. The van der Waals surface area contributed by atoms with Gasteiger partial charge in [0.15, 0.2) is 0 Å². The van der Waals surface area contributed by atoms with E-state index in [4.69, 9.17) is 19.4 Å². The third kappa shape index (κ3) is 7.36. The van der Waals surface area contributed by atoms with Crippen molar-refractivity contribution in [1.82, 2.24) is 40.4 Å². The lowest BCUT2D eigenvalue weighted by Gasteiger charge is -2.29. The molecule has 4 atom stereocenters. The molecule has 4 heterocycles. The van der Waals surface area contributed by atoms with Crippen molar-refractivity contribution in [1.29, 1.82) is 0 Å². The molecule has 14 nitrogen and oxygen atoms in total.